The topological polar surface area (TPSA) is 73.2 Å². The lowest BCUT2D eigenvalue weighted by atomic mass is 10.1. The highest BCUT2D eigenvalue weighted by Gasteiger charge is 2.39. The van der Waals surface area contributed by atoms with Crippen LogP contribution in [0.1, 0.15) is 22.5 Å². The first kappa shape index (κ1) is 19.6. The summed E-state index contributed by atoms with van der Waals surface area (Å²) in [5.41, 5.74) is 0.219. The number of hydrogen-bond acceptors (Lipinski definition) is 4. The molecule has 6 nitrogen and oxygen atoms in total. The van der Waals surface area contributed by atoms with E-state index in [0.717, 1.165) is 11.0 Å². The minimum atomic E-state index is -4.58. The monoisotopic (exact) mass is 401 g/mol. The maximum absolute atomic E-state index is 13.1. The van der Waals surface area contributed by atoms with Gasteiger partial charge in [0.2, 0.25) is 10.0 Å². The molecule has 146 valence electrons. The van der Waals surface area contributed by atoms with Crippen molar-refractivity contribution in [1.82, 2.24) is 14.5 Å². The van der Waals surface area contributed by atoms with Crippen LogP contribution < -0.4 is 4.72 Å². The molecule has 1 aromatic carbocycles. The third-order valence-electron chi connectivity index (χ3n) is 4.03. The lowest BCUT2D eigenvalue weighted by Crippen LogP contribution is -2.27. The van der Waals surface area contributed by atoms with Gasteiger partial charge in [-0.25, -0.2) is 13.1 Å². The Morgan fingerprint density at radius 3 is 2.70 bits per heavy atom. The largest absolute Gasteiger partial charge is 0.435 e. The second-order valence-electron chi connectivity index (χ2n) is 5.95. The number of alkyl halides is 3. The molecule has 0 aliphatic carbocycles. The highest BCUT2D eigenvalue weighted by Crippen LogP contribution is 2.34. The zero-order valence-electron chi connectivity index (χ0n) is 14.2. The van der Waals surface area contributed by atoms with Crippen LogP contribution in [0.5, 0.6) is 0 Å². The van der Waals surface area contributed by atoms with Gasteiger partial charge in [-0.2, -0.15) is 18.3 Å². The second kappa shape index (κ2) is 7.83. The van der Waals surface area contributed by atoms with E-state index in [4.69, 9.17) is 4.74 Å². The zero-order chi connectivity index (χ0) is 19.5. The Morgan fingerprint density at radius 1 is 1.26 bits per heavy atom. The normalized spacial score (nSPS) is 15.2. The first-order valence-electron chi connectivity index (χ1n) is 8.22. The predicted octanol–water partition coefficient (Wildman–Crippen LogP) is 2.56. The van der Waals surface area contributed by atoms with E-state index >= 15 is 0 Å². The number of rotatable bonds is 6. The van der Waals surface area contributed by atoms with Gasteiger partial charge in [-0.3, -0.25) is 4.68 Å². The molecule has 0 bridgehead atoms. The van der Waals surface area contributed by atoms with Gasteiger partial charge in [0, 0.05) is 29.6 Å². The van der Waals surface area contributed by atoms with Gasteiger partial charge < -0.3 is 4.74 Å². The van der Waals surface area contributed by atoms with Crippen LogP contribution in [0.3, 0.4) is 0 Å². The Labute approximate surface area is 154 Å². The minimum Gasteiger partial charge on any atom is -0.376 e. The van der Waals surface area contributed by atoms with E-state index < -0.39 is 21.9 Å². The van der Waals surface area contributed by atoms with Crippen LogP contribution in [-0.4, -0.2) is 31.3 Å². The summed E-state index contributed by atoms with van der Waals surface area (Å²) in [5, 5.41) is 4.66. The molecule has 0 radical (unpaired) electrons. The summed E-state index contributed by atoms with van der Waals surface area (Å²) in [6.45, 7) is 0.0851. The fourth-order valence-corrected chi connectivity index (χ4v) is 3.60. The Morgan fingerprint density at radius 2 is 2.00 bits per heavy atom. The summed E-state index contributed by atoms with van der Waals surface area (Å²) in [7, 11) is -3.71. The first-order valence-corrected chi connectivity index (χ1v) is 9.77. The Bertz CT molecular complexity index is 922. The van der Waals surface area contributed by atoms with Gasteiger partial charge >= 0.3 is 6.18 Å². The molecule has 2 aromatic rings. The third-order valence-corrected chi connectivity index (χ3v) is 5.13. The highest BCUT2D eigenvalue weighted by atomic mass is 32.2. The van der Waals surface area contributed by atoms with E-state index in [9.17, 15) is 21.6 Å². The maximum Gasteiger partial charge on any atom is 0.435 e. The van der Waals surface area contributed by atoms with Crippen LogP contribution in [0.15, 0.2) is 35.7 Å². The first-order chi connectivity index (χ1) is 12.8. The molecule has 1 aliphatic heterocycles. The molecule has 0 spiro atoms. The summed E-state index contributed by atoms with van der Waals surface area (Å²) in [6.07, 6.45) is -2.83. The SMILES string of the molecule is O=S(=O)(/C=C/c1ccccc1)NCCn1nc(C(F)(F)F)c2c1CCOC2. The molecule has 0 unspecified atom stereocenters. The number of halogens is 3. The van der Waals surface area contributed by atoms with Crippen molar-refractivity contribution < 1.29 is 26.3 Å². The van der Waals surface area contributed by atoms with E-state index in [-0.39, 0.29) is 25.3 Å². The number of nitrogens with one attached hydrogen (secondary N) is 1. The molecule has 0 saturated carbocycles. The molecule has 1 aromatic heterocycles. The summed E-state index contributed by atoms with van der Waals surface area (Å²) in [4.78, 5) is 0. The summed E-state index contributed by atoms with van der Waals surface area (Å²) >= 11 is 0. The van der Waals surface area contributed by atoms with Crippen molar-refractivity contribution in [3.63, 3.8) is 0 Å². The smallest absolute Gasteiger partial charge is 0.376 e. The van der Waals surface area contributed by atoms with Gasteiger partial charge in [-0.1, -0.05) is 30.3 Å². The van der Waals surface area contributed by atoms with Gasteiger partial charge in [-0.05, 0) is 11.6 Å². The van der Waals surface area contributed by atoms with Gasteiger partial charge in [0.05, 0.1) is 19.8 Å². The second-order valence-corrected chi connectivity index (χ2v) is 7.60. The van der Waals surface area contributed by atoms with E-state index in [1.54, 1.807) is 24.3 Å². The van der Waals surface area contributed by atoms with Gasteiger partial charge in [0.15, 0.2) is 5.69 Å². The molecule has 1 N–H and O–H groups in total. The molecule has 0 atom stereocenters. The van der Waals surface area contributed by atoms with Crippen molar-refractivity contribution in [1.29, 1.82) is 0 Å². The number of hydrogen-bond donors (Lipinski definition) is 1. The summed E-state index contributed by atoms with van der Waals surface area (Å²) < 4.78 is 72.0. The molecular weight excluding hydrogens is 383 g/mol. The molecule has 0 amide bonds. The van der Waals surface area contributed by atoms with Gasteiger partial charge in [0.25, 0.3) is 0 Å². The number of sulfonamides is 1. The molecular formula is C17H18F3N3O3S. The van der Waals surface area contributed by atoms with E-state index in [1.165, 1.54) is 10.8 Å². The van der Waals surface area contributed by atoms with Crippen molar-refractivity contribution in [2.75, 3.05) is 13.2 Å². The molecule has 10 heteroatoms. The lowest BCUT2D eigenvalue weighted by Gasteiger charge is -2.15. The fraction of sp³-hybridized carbons (Fsp3) is 0.353. The van der Waals surface area contributed by atoms with E-state index in [1.807, 2.05) is 6.07 Å². The summed E-state index contributed by atoms with van der Waals surface area (Å²) in [6, 6.07) is 8.88. The van der Waals surface area contributed by atoms with Crippen LogP contribution in [0.4, 0.5) is 13.2 Å². The van der Waals surface area contributed by atoms with Crippen molar-refractivity contribution in [2.45, 2.75) is 25.7 Å². The number of nitrogens with zero attached hydrogens (tertiary/aromatic N) is 2. The fourth-order valence-electron chi connectivity index (χ4n) is 2.80. The minimum absolute atomic E-state index is 0.00315. The Balaban J connectivity index is 1.67. The highest BCUT2D eigenvalue weighted by molar-refractivity contribution is 7.92. The molecule has 1 aliphatic rings. The third kappa shape index (κ3) is 4.96. The van der Waals surface area contributed by atoms with Gasteiger partial charge in [0.1, 0.15) is 0 Å². The number of fused-ring (bicyclic) bond motifs is 1. The molecule has 0 fully saturated rings. The number of aromatic nitrogens is 2. The summed E-state index contributed by atoms with van der Waals surface area (Å²) in [5.74, 6) is 0. The number of ether oxygens (including phenoxy) is 1. The predicted molar refractivity (Wildman–Crippen MR) is 93.0 cm³/mol. The van der Waals surface area contributed by atoms with Crippen LogP contribution >= 0.6 is 0 Å². The molecule has 3 rings (SSSR count). The van der Waals surface area contributed by atoms with Crippen LogP contribution in [0.2, 0.25) is 0 Å². The van der Waals surface area contributed by atoms with Crippen LogP contribution in [0.25, 0.3) is 6.08 Å². The quantitative estimate of drug-likeness (QED) is 0.808. The molecule has 0 saturated heterocycles. The van der Waals surface area contributed by atoms with Crippen molar-refractivity contribution >= 4 is 16.1 Å². The Hall–Kier alpha value is -2.17. The van der Waals surface area contributed by atoms with Crippen molar-refractivity contribution in [2.24, 2.45) is 0 Å². The zero-order valence-corrected chi connectivity index (χ0v) is 15.1. The van der Waals surface area contributed by atoms with Gasteiger partial charge in [-0.15, -0.1) is 0 Å². The number of benzene rings is 1. The lowest BCUT2D eigenvalue weighted by molar-refractivity contribution is -0.142. The van der Waals surface area contributed by atoms with E-state index in [2.05, 4.69) is 9.82 Å². The van der Waals surface area contributed by atoms with E-state index in [0.29, 0.717) is 18.7 Å². The van der Waals surface area contributed by atoms with Crippen LogP contribution in [-0.2, 0) is 40.5 Å². The average molecular weight is 401 g/mol. The molecule has 2 heterocycles. The standard InChI is InChI=1S/C17H18F3N3O3S/c18-17(19,20)16-14-12-26-10-6-15(14)23(22-16)9-8-21-27(24,25)11-7-13-4-2-1-3-5-13/h1-5,7,11,21H,6,8-10,12H2/b11-7+. The Kier molecular flexibility index (Phi) is 5.68. The van der Waals surface area contributed by atoms with Crippen molar-refractivity contribution in [3.8, 4) is 0 Å². The maximum atomic E-state index is 13.1. The van der Waals surface area contributed by atoms with Crippen molar-refractivity contribution in [3.05, 3.63) is 58.3 Å². The molecule has 27 heavy (non-hydrogen) atoms. The average Bonchev–Trinajstić information content (AvgIpc) is 3.00. The van der Waals surface area contributed by atoms with Crippen LogP contribution in [0, 0.1) is 0 Å².